The molecule has 3 N–H and O–H groups in total. The first-order valence-electron chi connectivity index (χ1n) is 6.36. The fraction of sp³-hybridized carbons (Fsp3) is 0.0625. The van der Waals surface area contributed by atoms with Crippen LogP contribution in [-0.4, -0.2) is 17.2 Å². The topological polar surface area (TPSA) is 77.6 Å². The molecule has 0 amide bonds. The number of aromatic hydroxyl groups is 1. The van der Waals surface area contributed by atoms with Gasteiger partial charge < -0.3 is 20.3 Å². The number of pyridine rings is 1. The largest absolute Gasteiger partial charge is 0.508 e. The molecule has 3 rings (SSSR count). The number of nitrogen functional groups attached to an aromatic ring is 1. The minimum atomic E-state index is 0.152. The zero-order valence-corrected chi connectivity index (χ0v) is 11.4. The lowest BCUT2D eigenvalue weighted by Crippen LogP contribution is -1.95. The zero-order chi connectivity index (χ0) is 14.8. The van der Waals surface area contributed by atoms with E-state index in [9.17, 15) is 5.11 Å². The zero-order valence-electron chi connectivity index (χ0n) is 11.4. The second-order valence-corrected chi connectivity index (χ2v) is 4.53. The van der Waals surface area contributed by atoms with Crippen molar-refractivity contribution in [1.82, 2.24) is 4.98 Å². The molecule has 0 saturated carbocycles. The maximum atomic E-state index is 9.63. The van der Waals surface area contributed by atoms with Gasteiger partial charge in [0.15, 0.2) is 5.75 Å². The third-order valence-corrected chi connectivity index (χ3v) is 3.14. The molecule has 3 aromatic rings. The standard InChI is InChI=1S/C16H14N2O3/c1-20-12-4-5-14(17)15(9-12)21-16-13-8-11(19)3-2-10(13)6-7-18-16/h2-9,19H,17H2,1H3. The van der Waals surface area contributed by atoms with E-state index in [-0.39, 0.29) is 5.75 Å². The Hall–Kier alpha value is -2.95. The molecular formula is C16H14N2O3. The van der Waals surface area contributed by atoms with E-state index in [1.54, 1.807) is 49.7 Å². The third-order valence-electron chi connectivity index (χ3n) is 3.14. The van der Waals surface area contributed by atoms with E-state index in [1.807, 2.05) is 6.07 Å². The Morgan fingerprint density at radius 3 is 2.76 bits per heavy atom. The summed E-state index contributed by atoms with van der Waals surface area (Å²) in [4.78, 5) is 4.21. The van der Waals surface area contributed by atoms with Crippen LogP contribution in [0.5, 0.6) is 23.1 Å². The number of hydrogen-bond donors (Lipinski definition) is 2. The molecule has 0 radical (unpaired) electrons. The minimum absolute atomic E-state index is 0.152. The van der Waals surface area contributed by atoms with Gasteiger partial charge >= 0.3 is 0 Å². The van der Waals surface area contributed by atoms with Gasteiger partial charge in [0.2, 0.25) is 5.88 Å². The molecule has 1 aromatic heterocycles. The fourth-order valence-electron chi connectivity index (χ4n) is 2.05. The van der Waals surface area contributed by atoms with E-state index >= 15 is 0 Å². The second kappa shape index (κ2) is 5.20. The molecule has 5 heteroatoms. The summed E-state index contributed by atoms with van der Waals surface area (Å²) in [6.07, 6.45) is 1.64. The van der Waals surface area contributed by atoms with E-state index in [1.165, 1.54) is 0 Å². The van der Waals surface area contributed by atoms with E-state index < -0.39 is 0 Å². The van der Waals surface area contributed by atoms with Crippen LogP contribution in [0.3, 0.4) is 0 Å². The summed E-state index contributed by atoms with van der Waals surface area (Å²) in [5.74, 6) is 1.63. The van der Waals surface area contributed by atoms with Crippen LogP contribution in [0.15, 0.2) is 48.7 Å². The Morgan fingerprint density at radius 1 is 1.10 bits per heavy atom. The van der Waals surface area contributed by atoms with E-state index in [4.69, 9.17) is 15.2 Å². The van der Waals surface area contributed by atoms with Crippen molar-refractivity contribution in [2.75, 3.05) is 12.8 Å². The second-order valence-electron chi connectivity index (χ2n) is 4.53. The molecule has 0 aliphatic rings. The van der Waals surface area contributed by atoms with Crippen molar-refractivity contribution in [3.8, 4) is 23.1 Å². The molecule has 0 aliphatic carbocycles. The molecule has 0 saturated heterocycles. The van der Waals surface area contributed by atoms with Crippen molar-refractivity contribution in [3.63, 3.8) is 0 Å². The Morgan fingerprint density at radius 2 is 1.95 bits per heavy atom. The number of aromatic nitrogens is 1. The number of anilines is 1. The highest BCUT2D eigenvalue weighted by atomic mass is 16.5. The molecule has 0 spiro atoms. The lowest BCUT2D eigenvalue weighted by molar-refractivity contribution is 0.408. The number of nitrogens with two attached hydrogens (primary N) is 1. The maximum absolute atomic E-state index is 9.63. The van der Waals surface area contributed by atoms with Crippen molar-refractivity contribution in [2.24, 2.45) is 0 Å². The van der Waals surface area contributed by atoms with Crippen LogP contribution < -0.4 is 15.2 Å². The Bertz CT molecular complexity index is 803. The van der Waals surface area contributed by atoms with Crippen molar-refractivity contribution in [3.05, 3.63) is 48.7 Å². The van der Waals surface area contributed by atoms with Crippen molar-refractivity contribution in [2.45, 2.75) is 0 Å². The summed E-state index contributed by atoms with van der Waals surface area (Å²) in [6.45, 7) is 0. The van der Waals surface area contributed by atoms with Crippen LogP contribution in [-0.2, 0) is 0 Å². The first-order chi connectivity index (χ1) is 10.2. The van der Waals surface area contributed by atoms with Gasteiger partial charge in [-0.25, -0.2) is 4.98 Å². The van der Waals surface area contributed by atoms with Crippen LogP contribution >= 0.6 is 0 Å². The van der Waals surface area contributed by atoms with Gasteiger partial charge in [-0.1, -0.05) is 6.07 Å². The van der Waals surface area contributed by atoms with Gasteiger partial charge in [-0.15, -0.1) is 0 Å². The van der Waals surface area contributed by atoms with Gasteiger partial charge in [0.05, 0.1) is 12.8 Å². The SMILES string of the molecule is COc1ccc(N)c(Oc2nccc3ccc(O)cc23)c1. The highest BCUT2D eigenvalue weighted by molar-refractivity contribution is 5.88. The number of nitrogens with zero attached hydrogens (tertiary/aromatic N) is 1. The predicted octanol–water partition coefficient (Wildman–Crippen LogP) is 3.32. The average Bonchev–Trinajstić information content (AvgIpc) is 2.50. The lowest BCUT2D eigenvalue weighted by Gasteiger charge is -2.11. The van der Waals surface area contributed by atoms with E-state index in [0.29, 0.717) is 28.5 Å². The molecule has 5 nitrogen and oxygen atoms in total. The summed E-state index contributed by atoms with van der Waals surface area (Å²) in [5.41, 5.74) is 6.39. The molecule has 2 aromatic carbocycles. The van der Waals surface area contributed by atoms with Gasteiger partial charge in [-0.3, -0.25) is 0 Å². The predicted molar refractivity (Wildman–Crippen MR) is 80.9 cm³/mol. The number of methoxy groups -OCH3 is 1. The third kappa shape index (κ3) is 2.53. The van der Waals surface area contributed by atoms with Crippen LogP contribution in [0.1, 0.15) is 0 Å². The van der Waals surface area contributed by atoms with Gasteiger partial charge in [0.1, 0.15) is 11.5 Å². The molecule has 0 bridgehead atoms. The summed E-state index contributed by atoms with van der Waals surface area (Å²) in [6, 6.07) is 12.0. The minimum Gasteiger partial charge on any atom is -0.508 e. The molecule has 0 atom stereocenters. The van der Waals surface area contributed by atoms with Gasteiger partial charge in [0, 0.05) is 17.6 Å². The van der Waals surface area contributed by atoms with E-state index in [0.717, 1.165) is 5.39 Å². The van der Waals surface area contributed by atoms with E-state index in [2.05, 4.69) is 4.98 Å². The van der Waals surface area contributed by atoms with Crippen molar-refractivity contribution < 1.29 is 14.6 Å². The number of fused-ring (bicyclic) bond motifs is 1. The molecule has 0 aliphatic heterocycles. The molecule has 0 unspecified atom stereocenters. The van der Waals surface area contributed by atoms with Crippen LogP contribution in [0, 0.1) is 0 Å². The first-order valence-corrected chi connectivity index (χ1v) is 6.36. The average molecular weight is 282 g/mol. The monoisotopic (exact) mass is 282 g/mol. The van der Waals surface area contributed by atoms with Gasteiger partial charge in [-0.05, 0) is 35.7 Å². The number of hydrogen-bond acceptors (Lipinski definition) is 5. The summed E-state index contributed by atoms with van der Waals surface area (Å²) >= 11 is 0. The first kappa shape index (κ1) is 13.1. The fourth-order valence-corrected chi connectivity index (χ4v) is 2.05. The lowest BCUT2D eigenvalue weighted by atomic mass is 10.1. The van der Waals surface area contributed by atoms with Crippen LogP contribution in [0.25, 0.3) is 10.8 Å². The highest BCUT2D eigenvalue weighted by Crippen LogP contribution is 2.34. The van der Waals surface area contributed by atoms with Gasteiger partial charge in [0.25, 0.3) is 0 Å². The smallest absolute Gasteiger partial charge is 0.227 e. The van der Waals surface area contributed by atoms with Crippen LogP contribution in [0.2, 0.25) is 0 Å². The molecular weight excluding hydrogens is 268 g/mol. The summed E-state index contributed by atoms with van der Waals surface area (Å²) in [5, 5.41) is 11.3. The Labute approximate surface area is 121 Å². The highest BCUT2D eigenvalue weighted by Gasteiger charge is 2.09. The summed E-state index contributed by atoms with van der Waals surface area (Å²) < 4.78 is 11.0. The number of rotatable bonds is 3. The Balaban J connectivity index is 2.08. The van der Waals surface area contributed by atoms with Crippen LogP contribution in [0.4, 0.5) is 5.69 Å². The van der Waals surface area contributed by atoms with Gasteiger partial charge in [-0.2, -0.15) is 0 Å². The normalized spacial score (nSPS) is 10.5. The number of ether oxygens (including phenoxy) is 2. The number of phenols is 1. The quantitative estimate of drug-likeness (QED) is 0.720. The summed E-state index contributed by atoms with van der Waals surface area (Å²) in [7, 11) is 1.57. The molecule has 106 valence electrons. The van der Waals surface area contributed by atoms with Crippen molar-refractivity contribution >= 4 is 16.5 Å². The maximum Gasteiger partial charge on any atom is 0.227 e. The molecule has 1 heterocycles. The number of benzene rings is 2. The number of phenolic OH excluding ortho intramolecular Hbond substituents is 1. The van der Waals surface area contributed by atoms with Crippen molar-refractivity contribution in [1.29, 1.82) is 0 Å². The Kier molecular flexibility index (Phi) is 3.23. The molecule has 21 heavy (non-hydrogen) atoms. The molecule has 0 fully saturated rings.